The van der Waals surface area contributed by atoms with E-state index in [9.17, 15) is 0 Å². The fourth-order valence-corrected chi connectivity index (χ4v) is 1.20. The van der Waals surface area contributed by atoms with E-state index in [0.29, 0.717) is 6.61 Å². The van der Waals surface area contributed by atoms with Crippen molar-refractivity contribution in [1.82, 2.24) is 0 Å². The molecule has 0 aromatic heterocycles. The molecule has 0 spiro atoms. The molecule has 0 unspecified atom stereocenters. The van der Waals surface area contributed by atoms with Gasteiger partial charge < -0.3 is 4.74 Å². The van der Waals surface area contributed by atoms with Gasteiger partial charge in [0.25, 0.3) is 0 Å². The second kappa shape index (κ2) is 6.25. The quantitative estimate of drug-likeness (QED) is 0.645. The third-order valence-electron chi connectivity index (χ3n) is 2.08. The van der Waals surface area contributed by atoms with E-state index in [1.165, 1.54) is 5.56 Å². The van der Waals surface area contributed by atoms with Crippen LogP contribution in [0.2, 0.25) is 0 Å². The van der Waals surface area contributed by atoms with Gasteiger partial charge in [0.15, 0.2) is 0 Å². The smallest absolute Gasteiger partial charge is 0.119 e. The molecule has 0 bridgehead atoms. The van der Waals surface area contributed by atoms with Crippen molar-refractivity contribution in [2.24, 2.45) is 0 Å². The first kappa shape index (κ1) is 10.8. The van der Waals surface area contributed by atoms with Gasteiger partial charge >= 0.3 is 0 Å². The zero-order valence-electron chi connectivity index (χ0n) is 8.99. The van der Waals surface area contributed by atoms with E-state index in [4.69, 9.17) is 4.74 Å². The predicted molar refractivity (Wildman–Crippen MR) is 60.7 cm³/mol. The number of rotatable bonds is 5. The van der Waals surface area contributed by atoms with Crippen LogP contribution in [0.3, 0.4) is 0 Å². The van der Waals surface area contributed by atoms with Crippen LogP contribution in [0, 0.1) is 0 Å². The first-order chi connectivity index (χ1) is 6.86. The molecule has 0 N–H and O–H groups in total. The largest absolute Gasteiger partial charge is 0.490 e. The molecule has 1 heteroatoms. The van der Waals surface area contributed by atoms with Gasteiger partial charge in [0.2, 0.25) is 0 Å². The maximum absolute atomic E-state index is 5.52. The van der Waals surface area contributed by atoms with Crippen molar-refractivity contribution in [3.05, 3.63) is 42.0 Å². The maximum atomic E-state index is 5.52. The van der Waals surface area contributed by atoms with Crippen LogP contribution in [-0.2, 0) is 6.42 Å². The average molecular weight is 190 g/mol. The highest BCUT2D eigenvalue weighted by Crippen LogP contribution is 2.12. The summed E-state index contributed by atoms with van der Waals surface area (Å²) >= 11 is 0. The molecule has 76 valence electrons. The number of allylic oxidation sites excluding steroid dienone is 1. The monoisotopic (exact) mass is 190 g/mol. The first-order valence-electron chi connectivity index (χ1n) is 5.23. The molecule has 1 rings (SSSR count). The van der Waals surface area contributed by atoms with Gasteiger partial charge in [0.05, 0.1) is 0 Å². The van der Waals surface area contributed by atoms with E-state index in [1.807, 2.05) is 18.2 Å². The minimum absolute atomic E-state index is 0.666. The van der Waals surface area contributed by atoms with Crippen molar-refractivity contribution < 1.29 is 4.74 Å². The summed E-state index contributed by atoms with van der Waals surface area (Å²) in [5, 5.41) is 0. The molecule has 1 aromatic carbocycles. The van der Waals surface area contributed by atoms with Crippen molar-refractivity contribution in [3.8, 4) is 5.75 Å². The minimum Gasteiger partial charge on any atom is -0.490 e. The highest BCUT2D eigenvalue weighted by Gasteiger charge is 1.91. The van der Waals surface area contributed by atoms with Gasteiger partial charge in [-0.15, -0.1) is 0 Å². The number of aryl methyl sites for hydroxylation is 1. The Balaban J connectivity index is 2.40. The van der Waals surface area contributed by atoms with Crippen LogP contribution in [0.25, 0.3) is 0 Å². The lowest BCUT2D eigenvalue weighted by atomic mass is 10.2. The molecule has 0 saturated heterocycles. The molecule has 0 amide bonds. The fourth-order valence-electron chi connectivity index (χ4n) is 1.20. The zero-order valence-corrected chi connectivity index (χ0v) is 8.99. The molecule has 0 radical (unpaired) electrons. The van der Waals surface area contributed by atoms with Gasteiger partial charge in [-0.3, -0.25) is 0 Å². The van der Waals surface area contributed by atoms with Gasteiger partial charge in [0, 0.05) is 0 Å². The Hall–Kier alpha value is -1.24. The van der Waals surface area contributed by atoms with Crippen molar-refractivity contribution in [2.75, 3.05) is 6.61 Å². The Morgan fingerprint density at radius 3 is 2.36 bits per heavy atom. The average Bonchev–Trinajstić information content (AvgIpc) is 2.25. The van der Waals surface area contributed by atoms with Crippen LogP contribution in [0.1, 0.15) is 25.8 Å². The molecule has 0 heterocycles. The van der Waals surface area contributed by atoms with Gasteiger partial charge in [-0.1, -0.05) is 38.1 Å². The standard InChI is InChI=1S/C13H18O/c1-3-5-6-11-14-13-9-7-12(4-2)8-10-13/h5-10H,3-4,11H2,1-2H3/b6-5+. The number of ether oxygens (including phenoxy) is 1. The Labute approximate surface area is 86.4 Å². The lowest BCUT2D eigenvalue weighted by Crippen LogP contribution is -1.93. The van der Waals surface area contributed by atoms with Crippen molar-refractivity contribution in [1.29, 1.82) is 0 Å². The molecular formula is C13H18O. The molecule has 0 aliphatic rings. The fraction of sp³-hybridized carbons (Fsp3) is 0.385. The molecule has 0 atom stereocenters. The van der Waals surface area contributed by atoms with Crippen LogP contribution in [0.4, 0.5) is 0 Å². The summed E-state index contributed by atoms with van der Waals surface area (Å²) in [6.07, 6.45) is 6.31. The Bertz CT molecular complexity index is 272. The number of hydrogen-bond acceptors (Lipinski definition) is 1. The maximum Gasteiger partial charge on any atom is 0.119 e. The SMILES string of the molecule is CC/C=C/COc1ccc(CC)cc1. The van der Waals surface area contributed by atoms with E-state index < -0.39 is 0 Å². The molecule has 1 aromatic rings. The van der Waals surface area contributed by atoms with Gasteiger partial charge in [-0.05, 0) is 30.5 Å². The van der Waals surface area contributed by atoms with Gasteiger partial charge in [0.1, 0.15) is 12.4 Å². The number of benzene rings is 1. The molecule has 0 fully saturated rings. The Kier molecular flexibility index (Phi) is 4.84. The van der Waals surface area contributed by atoms with Crippen LogP contribution >= 0.6 is 0 Å². The van der Waals surface area contributed by atoms with Gasteiger partial charge in [-0.25, -0.2) is 0 Å². The summed E-state index contributed by atoms with van der Waals surface area (Å²) in [5.74, 6) is 0.947. The second-order valence-electron chi connectivity index (χ2n) is 3.19. The minimum atomic E-state index is 0.666. The zero-order chi connectivity index (χ0) is 10.2. The molecular weight excluding hydrogens is 172 g/mol. The first-order valence-corrected chi connectivity index (χ1v) is 5.23. The lowest BCUT2D eigenvalue weighted by molar-refractivity contribution is 0.362. The summed E-state index contributed by atoms with van der Waals surface area (Å²) in [5.41, 5.74) is 1.35. The van der Waals surface area contributed by atoms with E-state index in [1.54, 1.807) is 0 Å². The van der Waals surface area contributed by atoms with E-state index in [2.05, 4.69) is 32.1 Å². The Morgan fingerprint density at radius 2 is 1.79 bits per heavy atom. The molecule has 0 aliphatic heterocycles. The third kappa shape index (κ3) is 3.65. The summed E-state index contributed by atoms with van der Waals surface area (Å²) in [4.78, 5) is 0. The lowest BCUT2D eigenvalue weighted by Gasteiger charge is -2.03. The molecule has 1 nitrogen and oxygen atoms in total. The summed E-state index contributed by atoms with van der Waals surface area (Å²) in [6.45, 7) is 4.94. The number of hydrogen-bond donors (Lipinski definition) is 0. The van der Waals surface area contributed by atoms with Crippen LogP contribution in [-0.4, -0.2) is 6.61 Å². The third-order valence-corrected chi connectivity index (χ3v) is 2.08. The van der Waals surface area contributed by atoms with Crippen molar-refractivity contribution in [2.45, 2.75) is 26.7 Å². The molecule has 14 heavy (non-hydrogen) atoms. The topological polar surface area (TPSA) is 9.23 Å². The summed E-state index contributed by atoms with van der Waals surface area (Å²) < 4.78 is 5.52. The summed E-state index contributed by atoms with van der Waals surface area (Å²) in [7, 11) is 0. The van der Waals surface area contributed by atoms with E-state index >= 15 is 0 Å². The van der Waals surface area contributed by atoms with Crippen LogP contribution in [0.15, 0.2) is 36.4 Å². The normalized spacial score (nSPS) is 10.7. The van der Waals surface area contributed by atoms with Crippen LogP contribution in [0.5, 0.6) is 5.75 Å². The van der Waals surface area contributed by atoms with Crippen LogP contribution < -0.4 is 4.74 Å². The van der Waals surface area contributed by atoms with Crippen molar-refractivity contribution in [3.63, 3.8) is 0 Å². The second-order valence-corrected chi connectivity index (χ2v) is 3.19. The van der Waals surface area contributed by atoms with Gasteiger partial charge in [-0.2, -0.15) is 0 Å². The Morgan fingerprint density at radius 1 is 1.07 bits per heavy atom. The van der Waals surface area contributed by atoms with E-state index in [0.717, 1.165) is 18.6 Å². The highest BCUT2D eigenvalue weighted by atomic mass is 16.5. The highest BCUT2D eigenvalue weighted by molar-refractivity contribution is 5.27. The molecule has 0 saturated carbocycles. The molecule has 0 aliphatic carbocycles. The van der Waals surface area contributed by atoms with E-state index in [-0.39, 0.29) is 0 Å². The van der Waals surface area contributed by atoms with Crippen molar-refractivity contribution >= 4 is 0 Å². The summed E-state index contributed by atoms with van der Waals surface area (Å²) in [6, 6.07) is 8.27. The predicted octanol–water partition coefficient (Wildman–Crippen LogP) is 3.59.